The predicted octanol–water partition coefficient (Wildman–Crippen LogP) is 2.75. The van der Waals surface area contributed by atoms with Gasteiger partial charge in [0.05, 0.1) is 11.7 Å². The Morgan fingerprint density at radius 1 is 1.05 bits per heavy atom. The van der Waals surface area contributed by atoms with E-state index in [1.54, 1.807) is 49.4 Å². The topological polar surface area (TPSA) is 81.0 Å². The minimum Gasteiger partial charge on any atom is -0.508 e. The smallest absolute Gasteiger partial charge is 0.323 e. The number of nitrogens with zero attached hydrogens (tertiary/aromatic N) is 1. The highest BCUT2D eigenvalue weighted by molar-refractivity contribution is 5.75. The van der Waals surface area contributed by atoms with Gasteiger partial charge in [-0.3, -0.25) is 4.79 Å². The van der Waals surface area contributed by atoms with Crippen molar-refractivity contribution in [3.05, 3.63) is 54.1 Å². The number of phenolic OH excluding ortho intramolecular Hbond substituents is 2. The van der Waals surface area contributed by atoms with Crippen molar-refractivity contribution >= 4 is 11.7 Å². The van der Waals surface area contributed by atoms with Crippen LogP contribution in [0.2, 0.25) is 0 Å². The number of benzene rings is 2. The van der Waals surface area contributed by atoms with E-state index >= 15 is 0 Å². The summed E-state index contributed by atoms with van der Waals surface area (Å²) in [6.07, 6.45) is 0. The van der Waals surface area contributed by atoms with Gasteiger partial charge in [-0.25, -0.2) is 0 Å². The number of phenols is 2. The lowest BCUT2D eigenvalue weighted by atomic mass is 10.0. The van der Waals surface area contributed by atoms with Gasteiger partial charge in [0.2, 0.25) is 0 Å². The van der Waals surface area contributed by atoms with Crippen LogP contribution in [0.1, 0.15) is 18.5 Å². The molecule has 0 radical (unpaired) electrons. The molecule has 0 aliphatic carbocycles. The Labute approximate surface area is 122 Å². The highest BCUT2D eigenvalue weighted by Crippen LogP contribution is 2.35. The summed E-state index contributed by atoms with van der Waals surface area (Å²) < 4.78 is 0. The van der Waals surface area contributed by atoms with E-state index in [0.717, 1.165) is 0 Å². The van der Waals surface area contributed by atoms with Crippen molar-refractivity contribution in [3.63, 3.8) is 0 Å². The Hall–Kier alpha value is -2.69. The van der Waals surface area contributed by atoms with Gasteiger partial charge in [0.15, 0.2) is 0 Å². The minimum atomic E-state index is -1.01. The molecule has 0 saturated carbocycles. The SMILES string of the molecule is CC(c1ccccc1O)N(CC(=O)O)c1ccccc1O. The molecule has 5 heteroatoms. The monoisotopic (exact) mass is 287 g/mol. The summed E-state index contributed by atoms with van der Waals surface area (Å²) >= 11 is 0. The third-order valence-corrected chi connectivity index (χ3v) is 3.35. The van der Waals surface area contributed by atoms with Crippen molar-refractivity contribution in [2.45, 2.75) is 13.0 Å². The molecule has 21 heavy (non-hydrogen) atoms. The highest BCUT2D eigenvalue weighted by atomic mass is 16.4. The largest absolute Gasteiger partial charge is 0.508 e. The van der Waals surface area contributed by atoms with Crippen LogP contribution >= 0.6 is 0 Å². The molecule has 2 rings (SSSR count). The number of aromatic hydroxyl groups is 2. The number of hydrogen-bond donors (Lipinski definition) is 3. The zero-order chi connectivity index (χ0) is 15.4. The van der Waals surface area contributed by atoms with Crippen molar-refractivity contribution in [1.82, 2.24) is 0 Å². The normalized spacial score (nSPS) is 11.9. The van der Waals surface area contributed by atoms with Crippen LogP contribution in [0, 0.1) is 0 Å². The first-order chi connectivity index (χ1) is 10.0. The first-order valence-electron chi connectivity index (χ1n) is 6.55. The van der Waals surface area contributed by atoms with Crippen LogP contribution in [0.15, 0.2) is 48.5 Å². The third-order valence-electron chi connectivity index (χ3n) is 3.35. The molecule has 3 N–H and O–H groups in total. The third kappa shape index (κ3) is 3.25. The van der Waals surface area contributed by atoms with E-state index in [1.165, 1.54) is 11.0 Å². The molecule has 0 amide bonds. The van der Waals surface area contributed by atoms with E-state index < -0.39 is 12.0 Å². The van der Waals surface area contributed by atoms with E-state index in [0.29, 0.717) is 11.3 Å². The molecule has 0 fully saturated rings. The van der Waals surface area contributed by atoms with Crippen molar-refractivity contribution in [1.29, 1.82) is 0 Å². The summed E-state index contributed by atoms with van der Waals surface area (Å²) in [4.78, 5) is 12.7. The van der Waals surface area contributed by atoms with Crippen LogP contribution in [-0.2, 0) is 4.79 Å². The maximum atomic E-state index is 11.1. The maximum Gasteiger partial charge on any atom is 0.323 e. The van der Waals surface area contributed by atoms with Crippen LogP contribution in [-0.4, -0.2) is 27.8 Å². The summed E-state index contributed by atoms with van der Waals surface area (Å²) in [5, 5.41) is 29.0. The zero-order valence-electron chi connectivity index (χ0n) is 11.6. The van der Waals surface area contributed by atoms with E-state index in [2.05, 4.69) is 0 Å². The molecule has 0 aliphatic heterocycles. The molecule has 0 heterocycles. The number of para-hydroxylation sites is 3. The van der Waals surface area contributed by atoms with E-state index in [-0.39, 0.29) is 18.0 Å². The van der Waals surface area contributed by atoms with Gasteiger partial charge in [-0.15, -0.1) is 0 Å². The summed E-state index contributed by atoms with van der Waals surface area (Å²) in [7, 11) is 0. The maximum absolute atomic E-state index is 11.1. The predicted molar refractivity (Wildman–Crippen MR) is 79.6 cm³/mol. The van der Waals surface area contributed by atoms with Gasteiger partial charge >= 0.3 is 5.97 Å². The standard InChI is InChI=1S/C16H17NO4/c1-11(12-6-2-4-8-14(12)18)17(10-16(20)21)13-7-3-5-9-15(13)19/h2-9,11,18-19H,10H2,1H3,(H,20,21). The van der Waals surface area contributed by atoms with Crippen molar-refractivity contribution in [2.24, 2.45) is 0 Å². The highest BCUT2D eigenvalue weighted by Gasteiger charge is 2.23. The molecular weight excluding hydrogens is 270 g/mol. The Bertz CT molecular complexity index is 642. The van der Waals surface area contributed by atoms with Gasteiger partial charge in [0.25, 0.3) is 0 Å². The van der Waals surface area contributed by atoms with E-state index in [1.807, 2.05) is 0 Å². The molecular formula is C16H17NO4. The Balaban J connectivity index is 2.44. The van der Waals surface area contributed by atoms with Gasteiger partial charge in [-0.2, -0.15) is 0 Å². The van der Waals surface area contributed by atoms with E-state index in [9.17, 15) is 15.0 Å². The molecule has 2 aromatic rings. The fourth-order valence-corrected chi connectivity index (χ4v) is 2.29. The van der Waals surface area contributed by atoms with Gasteiger partial charge in [-0.05, 0) is 25.1 Å². The molecule has 1 atom stereocenters. The van der Waals surface area contributed by atoms with Crippen molar-refractivity contribution < 1.29 is 20.1 Å². The number of anilines is 1. The summed E-state index contributed by atoms with van der Waals surface area (Å²) in [5.74, 6) is -0.919. The molecule has 5 nitrogen and oxygen atoms in total. The fourth-order valence-electron chi connectivity index (χ4n) is 2.29. The second-order valence-corrected chi connectivity index (χ2v) is 4.75. The summed E-state index contributed by atoms with van der Waals surface area (Å²) in [6.45, 7) is 1.50. The Kier molecular flexibility index (Phi) is 4.33. The van der Waals surface area contributed by atoms with E-state index in [4.69, 9.17) is 5.11 Å². The summed E-state index contributed by atoms with van der Waals surface area (Å²) in [5.41, 5.74) is 1.01. The number of carboxylic acid groups (broad SMARTS) is 1. The second kappa shape index (κ2) is 6.17. The second-order valence-electron chi connectivity index (χ2n) is 4.75. The average Bonchev–Trinajstić information content (AvgIpc) is 2.45. The molecule has 1 unspecified atom stereocenters. The van der Waals surface area contributed by atoms with Gasteiger partial charge in [0, 0.05) is 5.56 Å². The molecule has 0 aliphatic rings. The van der Waals surface area contributed by atoms with Crippen LogP contribution in [0.3, 0.4) is 0 Å². The van der Waals surface area contributed by atoms with Crippen molar-refractivity contribution in [3.8, 4) is 11.5 Å². The molecule has 0 bridgehead atoms. The molecule has 0 saturated heterocycles. The van der Waals surface area contributed by atoms with Gasteiger partial charge in [0.1, 0.15) is 18.0 Å². The van der Waals surface area contributed by atoms with Crippen LogP contribution < -0.4 is 4.90 Å². The number of carbonyl (C=O) groups is 1. The number of hydrogen-bond acceptors (Lipinski definition) is 4. The molecule has 0 aromatic heterocycles. The van der Waals surface area contributed by atoms with Crippen LogP contribution in [0.25, 0.3) is 0 Å². The molecule has 2 aromatic carbocycles. The average molecular weight is 287 g/mol. The van der Waals surface area contributed by atoms with Crippen LogP contribution in [0.4, 0.5) is 5.69 Å². The summed E-state index contributed by atoms with van der Waals surface area (Å²) in [6, 6.07) is 12.9. The molecule has 0 spiro atoms. The first-order valence-corrected chi connectivity index (χ1v) is 6.55. The zero-order valence-corrected chi connectivity index (χ0v) is 11.6. The lowest BCUT2D eigenvalue weighted by Crippen LogP contribution is -2.32. The number of aliphatic carboxylic acids is 1. The number of rotatable bonds is 5. The Morgan fingerprint density at radius 2 is 1.62 bits per heavy atom. The van der Waals surface area contributed by atoms with Crippen molar-refractivity contribution in [2.75, 3.05) is 11.4 Å². The fraction of sp³-hybridized carbons (Fsp3) is 0.188. The minimum absolute atomic E-state index is 0.000945. The Morgan fingerprint density at radius 3 is 2.19 bits per heavy atom. The van der Waals surface area contributed by atoms with Gasteiger partial charge < -0.3 is 20.2 Å². The quantitative estimate of drug-likeness (QED) is 0.788. The first kappa shape index (κ1) is 14.7. The van der Waals surface area contributed by atoms with Crippen LogP contribution in [0.5, 0.6) is 11.5 Å². The van der Waals surface area contributed by atoms with Gasteiger partial charge in [-0.1, -0.05) is 30.3 Å². The lowest BCUT2D eigenvalue weighted by molar-refractivity contribution is -0.135. The molecule has 110 valence electrons. The number of carboxylic acids is 1. The lowest BCUT2D eigenvalue weighted by Gasteiger charge is -2.31.